The number of aliphatic hydroxyl groups is 1. The van der Waals surface area contributed by atoms with Gasteiger partial charge in [0, 0.05) is 26.6 Å². The monoisotopic (exact) mass is 376 g/mol. The molecule has 1 fully saturated rings. The maximum absolute atomic E-state index is 11.6. The van der Waals surface area contributed by atoms with Crippen LogP contribution in [0.1, 0.15) is 31.4 Å². The van der Waals surface area contributed by atoms with Crippen LogP contribution in [0, 0.1) is 5.92 Å². The molecule has 0 aromatic heterocycles. The Kier molecular flexibility index (Phi) is 5.36. The standard InChI is InChI=1S/C21H28O6/c1-6-7-14-10-18(25-4)21(23)20(12-14,26-5)13(2)19(27-21)15-8-9-16(22)17(11-15)24-3/h6,8-9,11-13,18-19,22-23H,1,7,10H2,2-5H3/t13-,18-,19+,20-,21+/m1/s1. The Balaban J connectivity index is 2.10. The van der Waals surface area contributed by atoms with Gasteiger partial charge < -0.3 is 29.2 Å². The lowest BCUT2D eigenvalue weighted by Gasteiger charge is -2.47. The fourth-order valence-electron chi connectivity index (χ4n) is 4.43. The van der Waals surface area contributed by atoms with Crippen LogP contribution >= 0.6 is 0 Å². The van der Waals surface area contributed by atoms with Crippen LogP contribution in [-0.4, -0.2) is 49.0 Å². The van der Waals surface area contributed by atoms with E-state index in [0.717, 1.165) is 11.1 Å². The normalized spacial score (nSPS) is 35.4. The average molecular weight is 376 g/mol. The van der Waals surface area contributed by atoms with E-state index in [1.165, 1.54) is 7.11 Å². The molecule has 2 aliphatic rings. The van der Waals surface area contributed by atoms with Gasteiger partial charge in [0.05, 0.1) is 13.2 Å². The molecule has 1 heterocycles. The Morgan fingerprint density at radius 1 is 1.33 bits per heavy atom. The lowest BCUT2D eigenvalue weighted by Crippen LogP contribution is -2.63. The maximum atomic E-state index is 11.6. The van der Waals surface area contributed by atoms with Crippen molar-refractivity contribution in [3.8, 4) is 11.5 Å². The number of hydrogen-bond acceptors (Lipinski definition) is 6. The molecule has 0 radical (unpaired) electrons. The Bertz CT molecular complexity index is 744. The van der Waals surface area contributed by atoms with Gasteiger partial charge in [-0.3, -0.25) is 0 Å². The molecule has 27 heavy (non-hydrogen) atoms. The van der Waals surface area contributed by atoms with Gasteiger partial charge in [-0.25, -0.2) is 0 Å². The highest BCUT2D eigenvalue weighted by atomic mass is 16.7. The molecule has 0 unspecified atom stereocenters. The fraction of sp³-hybridized carbons (Fsp3) is 0.524. The number of allylic oxidation sites excluding steroid dienone is 1. The van der Waals surface area contributed by atoms with E-state index in [1.807, 2.05) is 19.1 Å². The highest BCUT2D eigenvalue weighted by Crippen LogP contribution is 2.57. The Hall–Kier alpha value is -1.86. The van der Waals surface area contributed by atoms with Crippen molar-refractivity contribution in [2.75, 3.05) is 21.3 Å². The molecule has 0 bridgehead atoms. The first kappa shape index (κ1) is 19.9. The van der Waals surface area contributed by atoms with Crippen molar-refractivity contribution in [2.24, 2.45) is 5.92 Å². The molecular formula is C21H28O6. The topological polar surface area (TPSA) is 77.4 Å². The van der Waals surface area contributed by atoms with E-state index in [4.69, 9.17) is 18.9 Å². The second-order valence-corrected chi connectivity index (χ2v) is 7.18. The first-order valence-corrected chi connectivity index (χ1v) is 9.03. The molecule has 0 saturated carbocycles. The summed E-state index contributed by atoms with van der Waals surface area (Å²) in [5.41, 5.74) is 0.799. The summed E-state index contributed by atoms with van der Waals surface area (Å²) in [4.78, 5) is 0. The van der Waals surface area contributed by atoms with Gasteiger partial charge in [-0.15, -0.1) is 6.58 Å². The van der Waals surface area contributed by atoms with Crippen molar-refractivity contribution < 1.29 is 29.2 Å². The highest BCUT2D eigenvalue weighted by Gasteiger charge is 2.68. The molecule has 6 nitrogen and oxygen atoms in total. The van der Waals surface area contributed by atoms with E-state index in [1.54, 1.807) is 32.4 Å². The second kappa shape index (κ2) is 7.28. The fourth-order valence-corrected chi connectivity index (χ4v) is 4.43. The number of fused-ring (bicyclic) bond motifs is 1. The van der Waals surface area contributed by atoms with Gasteiger partial charge in [0.1, 0.15) is 11.7 Å². The number of hydrogen-bond donors (Lipinski definition) is 2. The van der Waals surface area contributed by atoms with Gasteiger partial charge in [-0.2, -0.15) is 0 Å². The van der Waals surface area contributed by atoms with Gasteiger partial charge in [0.25, 0.3) is 0 Å². The third-order valence-electron chi connectivity index (χ3n) is 5.86. The largest absolute Gasteiger partial charge is 0.504 e. The predicted molar refractivity (Wildman–Crippen MR) is 101 cm³/mol. The maximum Gasteiger partial charge on any atom is 0.227 e. The molecule has 0 spiro atoms. The molecule has 1 aromatic rings. The lowest BCUT2D eigenvalue weighted by molar-refractivity contribution is -0.309. The molecule has 5 atom stereocenters. The molecule has 148 valence electrons. The average Bonchev–Trinajstić information content (AvgIpc) is 2.90. The van der Waals surface area contributed by atoms with Crippen LogP contribution < -0.4 is 4.74 Å². The van der Waals surface area contributed by atoms with Crippen molar-refractivity contribution in [1.29, 1.82) is 0 Å². The minimum atomic E-state index is -1.64. The van der Waals surface area contributed by atoms with Crippen LogP contribution in [-0.2, 0) is 14.2 Å². The van der Waals surface area contributed by atoms with Crippen LogP contribution in [0.5, 0.6) is 11.5 Å². The number of benzene rings is 1. The first-order chi connectivity index (χ1) is 12.9. The third kappa shape index (κ3) is 2.88. The van der Waals surface area contributed by atoms with Crippen LogP contribution in [0.15, 0.2) is 42.5 Å². The molecular weight excluding hydrogens is 348 g/mol. The predicted octanol–water partition coefficient (Wildman–Crippen LogP) is 3.10. The zero-order chi connectivity index (χ0) is 19.8. The summed E-state index contributed by atoms with van der Waals surface area (Å²) in [6, 6.07) is 5.04. The van der Waals surface area contributed by atoms with Crippen LogP contribution in [0.3, 0.4) is 0 Å². The van der Waals surface area contributed by atoms with Crippen molar-refractivity contribution in [1.82, 2.24) is 0 Å². The van der Waals surface area contributed by atoms with Crippen molar-refractivity contribution in [3.63, 3.8) is 0 Å². The first-order valence-electron chi connectivity index (χ1n) is 9.03. The number of rotatable bonds is 6. The number of aromatic hydroxyl groups is 1. The minimum absolute atomic E-state index is 0.0485. The summed E-state index contributed by atoms with van der Waals surface area (Å²) < 4.78 is 23.0. The summed E-state index contributed by atoms with van der Waals surface area (Å²) in [6.45, 7) is 5.79. The number of phenolic OH excluding ortho intramolecular Hbond substituents is 1. The van der Waals surface area contributed by atoms with Gasteiger partial charge >= 0.3 is 0 Å². The van der Waals surface area contributed by atoms with Crippen molar-refractivity contribution in [3.05, 3.63) is 48.1 Å². The van der Waals surface area contributed by atoms with E-state index in [-0.39, 0.29) is 11.7 Å². The summed E-state index contributed by atoms with van der Waals surface area (Å²) in [7, 11) is 4.63. The van der Waals surface area contributed by atoms with Crippen molar-refractivity contribution >= 4 is 0 Å². The second-order valence-electron chi connectivity index (χ2n) is 7.18. The Morgan fingerprint density at radius 2 is 2.07 bits per heavy atom. The molecule has 1 aromatic carbocycles. The van der Waals surface area contributed by atoms with E-state index >= 15 is 0 Å². The van der Waals surface area contributed by atoms with Gasteiger partial charge in [-0.1, -0.05) is 24.6 Å². The van der Waals surface area contributed by atoms with Gasteiger partial charge in [0.2, 0.25) is 5.79 Å². The third-order valence-corrected chi connectivity index (χ3v) is 5.86. The molecule has 1 saturated heterocycles. The summed E-state index contributed by atoms with van der Waals surface area (Å²) in [5, 5.41) is 21.5. The summed E-state index contributed by atoms with van der Waals surface area (Å²) in [6.07, 6.45) is 3.96. The molecule has 6 heteroatoms. The highest BCUT2D eigenvalue weighted by molar-refractivity contribution is 5.44. The number of methoxy groups -OCH3 is 3. The lowest BCUT2D eigenvalue weighted by atomic mass is 9.71. The van der Waals surface area contributed by atoms with Gasteiger partial charge in [-0.05, 0) is 30.2 Å². The SMILES string of the molecule is C=CCC1=C[C@@]2(OC)[C@H](C)[C@@H](c3ccc(O)c(OC)c3)O[C@@]2(O)[C@H](OC)C1. The molecule has 2 N–H and O–H groups in total. The minimum Gasteiger partial charge on any atom is -0.504 e. The Morgan fingerprint density at radius 3 is 2.67 bits per heavy atom. The van der Waals surface area contributed by atoms with Crippen LogP contribution in [0.2, 0.25) is 0 Å². The molecule has 1 aliphatic carbocycles. The van der Waals surface area contributed by atoms with Crippen molar-refractivity contribution in [2.45, 2.75) is 43.4 Å². The quantitative estimate of drug-likeness (QED) is 0.743. The van der Waals surface area contributed by atoms with E-state index in [2.05, 4.69) is 6.58 Å². The number of ether oxygens (including phenoxy) is 4. The molecule has 0 amide bonds. The zero-order valence-electron chi connectivity index (χ0n) is 16.3. The van der Waals surface area contributed by atoms with E-state index < -0.39 is 23.6 Å². The smallest absolute Gasteiger partial charge is 0.227 e. The van der Waals surface area contributed by atoms with E-state index in [9.17, 15) is 10.2 Å². The molecule has 3 rings (SSSR count). The zero-order valence-corrected chi connectivity index (χ0v) is 16.3. The molecule has 1 aliphatic heterocycles. The van der Waals surface area contributed by atoms with Crippen LogP contribution in [0.25, 0.3) is 0 Å². The summed E-state index contributed by atoms with van der Waals surface area (Å²) in [5.74, 6) is -1.47. The summed E-state index contributed by atoms with van der Waals surface area (Å²) >= 11 is 0. The van der Waals surface area contributed by atoms with E-state index in [0.29, 0.717) is 18.6 Å². The Labute approximate surface area is 160 Å². The van der Waals surface area contributed by atoms with Gasteiger partial charge in [0.15, 0.2) is 11.5 Å². The van der Waals surface area contributed by atoms with Crippen LogP contribution in [0.4, 0.5) is 0 Å². The number of phenols is 1.